The van der Waals surface area contributed by atoms with Crippen LogP contribution in [-0.2, 0) is 16.2 Å². The van der Waals surface area contributed by atoms with Gasteiger partial charge in [-0.1, -0.05) is 60.1 Å². The lowest BCUT2D eigenvalue weighted by atomic mass is 10.1. The van der Waals surface area contributed by atoms with Gasteiger partial charge in [0.25, 0.3) is 11.1 Å². The second-order valence-electron chi connectivity index (χ2n) is 8.79. The van der Waals surface area contributed by atoms with Crippen LogP contribution in [0, 0.1) is 0 Å². The Labute approximate surface area is 248 Å². The van der Waals surface area contributed by atoms with Crippen molar-refractivity contribution in [1.29, 1.82) is 0 Å². The van der Waals surface area contributed by atoms with Crippen LogP contribution >= 0.6 is 39.3 Å². The number of benzene rings is 4. The Morgan fingerprint density at radius 3 is 2.62 bits per heavy atom. The molecular formula is C30H22BrClN2O5S. The number of hydrogen-bond acceptors (Lipinski definition) is 6. The van der Waals surface area contributed by atoms with Crippen molar-refractivity contribution in [2.24, 2.45) is 0 Å². The number of carbonyl (C=O) groups is 3. The number of hydrogen-bond donors (Lipinski definition) is 1. The van der Waals surface area contributed by atoms with Crippen LogP contribution in [-0.4, -0.2) is 35.6 Å². The third-order valence-electron chi connectivity index (χ3n) is 6.09. The fourth-order valence-corrected chi connectivity index (χ4v) is 5.83. The number of nitrogens with one attached hydrogen (secondary N) is 1. The standard InChI is InChI=1S/C30H22BrClN2O5S/c1-38-25-13-18(12-24(31)28(25)39-17-20-8-4-7-19-6-2-3-11-23(19)20)14-26-29(36)34(30(37)40-26)16-27(35)33-22-10-5-9-21(32)15-22/h2-15H,16-17H2,1H3,(H,33,35)/b26-14+. The Morgan fingerprint density at radius 1 is 1.05 bits per heavy atom. The molecule has 1 saturated heterocycles. The maximum Gasteiger partial charge on any atom is 0.294 e. The van der Waals surface area contributed by atoms with Crippen LogP contribution in [0.25, 0.3) is 16.8 Å². The minimum absolute atomic E-state index is 0.193. The van der Waals surface area contributed by atoms with Crippen LogP contribution in [0.2, 0.25) is 5.02 Å². The van der Waals surface area contributed by atoms with Crippen molar-refractivity contribution in [3.05, 3.63) is 104 Å². The number of thioether (sulfide) groups is 1. The fraction of sp³-hybridized carbons (Fsp3) is 0.100. The molecule has 7 nitrogen and oxygen atoms in total. The van der Waals surface area contributed by atoms with E-state index in [0.29, 0.717) is 38.9 Å². The summed E-state index contributed by atoms with van der Waals surface area (Å²) in [6.45, 7) is -0.0890. The zero-order chi connectivity index (χ0) is 28.2. The van der Waals surface area contributed by atoms with E-state index < -0.39 is 23.6 Å². The molecule has 1 N–H and O–H groups in total. The van der Waals surface area contributed by atoms with Gasteiger partial charge in [0.05, 0.1) is 16.5 Å². The van der Waals surface area contributed by atoms with E-state index in [1.54, 1.807) is 42.5 Å². The molecule has 0 aromatic heterocycles. The van der Waals surface area contributed by atoms with Gasteiger partial charge in [0.2, 0.25) is 5.91 Å². The first-order valence-corrected chi connectivity index (χ1v) is 14.1. The smallest absolute Gasteiger partial charge is 0.294 e. The van der Waals surface area contributed by atoms with Crippen molar-refractivity contribution in [2.75, 3.05) is 19.0 Å². The molecular weight excluding hydrogens is 616 g/mol. The summed E-state index contributed by atoms with van der Waals surface area (Å²) in [5.74, 6) is -0.0927. The van der Waals surface area contributed by atoms with Gasteiger partial charge in [-0.3, -0.25) is 19.3 Å². The Hall–Kier alpha value is -3.79. The summed E-state index contributed by atoms with van der Waals surface area (Å²) in [5.41, 5.74) is 2.12. The molecule has 5 rings (SSSR count). The first-order valence-electron chi connectivity index (χ1n) is 12.1. The van der Waals surface area contributed by atoms with E-state index in [1.165, 1.54) is 7.11 Å². The maximum atomic E-state index is 13.0. The highest BCUT2D eigenvalue weighted by Crippen LogP contribution is 2.39. The topological polar surface area (TPSA) is 84.9 Å². The van der Waals surface area contributed by atoms with Gasteiger partial charge >= 0.3 is 0 Å². The van der Waals surface area contributed by atoms with Crippen molar-refractivity contribution >= 4 is 78.9 Å². The molecule has 0 saturated carbocycles. The molecule has 1 fully saturated rings. The molecule has 1 aliphatic rings. The van der Waals surface area contributed by atoms with Gasteiger partial charge in [-0.2, -0.15) is 0 Å². The number of halogens is 2. The van der Waals surface area contributed by atoms with E-state index in [4.69, 9.17) is 21.1 Å². The Morgan fingerprint density at radius 2 is 1.82 bits per heavy atom. The first-order chi connectivity index (χ1) is 19.3. The average molecular weight is 638 g/mol. The van der Waals surface area contributed by atoms with Gasteiger partial charge in [-0.05, 0) is 86.0 Å². The van der Waals surface area contributed by atoms with E-state index in [2.05, 4.69) is 39.4 Å². The molecule has 4 aromatic rings. The lowest BCUT2D eigenvalue weighted by Gasteiger charge is -2.15. The predicted molar refractivity (Wildman–Crippen MR) is 162 cm³/mol. The summed E-state index contributed by atoms with van der Waals surface area (Å²) < 4.78 is 12.4. The average Bonchev–Trinajstić information content (AvgIpc) is 3.19. The second-order valence-corrected chi connectivity index (χ2v) is 11.1. The summed E-state index contributed by atoms with van der Waals surface area (Å²) in [6, 6.07) is 24.3. The number of methoxy groups -OCH3 is 1. The van der Waals surface area contributed by atoms with Crippen molar-refractivity contribution in [2.45, 2.75) is 6.61 Å². The molecule has 1 heterocycles. The fourth-order valence-electron chi connectivity index (χ4n) is 4.23. The largest absolute Gasteiger partial charge is 0.493 e. The highest BCUT2D eigenvalue weighted by atomic mass is 79.9. The number of imide groups is 1. The number of anilines is 1. The molecule has 10 heteroatoms. The third kappa shape index (κ3) is 6.17. The Balaban J connectivity index is 1.30. The van der Waals surface area contributed by atoms with Gasteiger partial charge in [0.15, 0.2) is 11.5 Å². The van der Waals surface area contributed by atoms with E-state index in [-0.39, 0.29) is 4.91 Å². The lowest BCUT2D eigenvalue weighted by Crippen LogP contribution is -2.36. The van der Waals surface area contributed by atoms with Crippen molar-refractivity contribution in [3.8, 4) is 11.5 Å². The number of amides is 3. The maximum absolute atomic E-state index is 13.0. The summed E-state index contributed by atoms with van der Waals surface area (Å²) >= 11 is 10.3. The molecule has 4 aromatic carbocycles. The van der Waals surface area contributed by atoms with Crippen LogP contribution in [0.5, 0.6) is 11.5 Å². The van der Waals surface area contributed by atoms with E-state index >= 15 is 0 Å². The number of carbonyl (C=O) groups excluding carboxylic acids is 3. The van der Waals surface area contributed by atoms with Gasteiger partial charge in [-0.15, -0.1) is 0 Å². The van der Waals surface area contributed by atoms with E-state index in [9.17, 15) is 14.4 Å². The zero-order valence-electron chi connectivity index (χ0n) is 21.1. The zero-order valence-corrected chi connectivity index (χ0v) is 24.3. The normalized spacial score (nSPS) is 14.2. The first kappa shape index (κ1) is 27.8. The summed E-state index contributed by atoms with van der Waals surface area (Å²) in [4.78, 5) is 39.1. The number of rotatable bonds is 8. The quantitative estimate of drug-likeness (QED) is 0.201. The van der Waals surface area contributed by atoms with E-state index in [0.717, 1.165) is 33.0 Å². The van der Waals surface area contributed by atoms with Crippen LogP contribution in [0.4, 0.5) is 10.5 Å². The minimum Gasteiger partial charge on any atom is -0.493 e. The number of ether oxygens (including phenoxy) is 2. The van der Waals surface area contributed by atoms with E-state index in [1.807, 2.05) is 24.3 Å². The summed E-state index contributed by atoms with van der Waals surface area (Å²) in [7, 11) is 1.53. The lowest BCUT2D eigenvalue weighted by molar-refractivity contribution is -0.127. The van der Waals surface area contributed by atoms with Gasteiger partial charge in [-0.25, -0.2) is 0 Å². The van der Waals surface area contributed by atoms with Gasteiger partial charge < -0.3 is 14.8 Å². The molecule has 40 heavy (non-hydrogen) atoms. The van der Waals surface area contributed by atoms with Crippen molar-refractivity contribution in [3.63, 3.8) is 0 Å². The molecule has 0 bridgehead atoms. The SMILES string of the molecule is COc1cc(/C=C2/SC(=O)N(CC(=O)Nc3cccc(Cl)c3)C2=O)cc(Br)c1OCc1cccc2ccccc12. The monoisotopic (exact) mass is 636 g/mol. The predicted octanol–water partition coefficient (Wildman–Crippen LogP) is 7.52. The molecule has 0 atom stereocenters. The summed E-state index contributed by atoms with van der Waals surface area (Å²) in [5, 5.41) is 4.80. The molecule has 3 amide bonds. The summed E-state index contributed by atoms with van der Waals surface area (Å²) in [6.07, 6.45) is 1.58. The van der Waals surface area contributed by atoms with Crippen LogP contribution < -0.4 is 14.8 Å². The molecule has 0 aliphatic carbocycles. The van der Waals surface area contributed by atoms with Gasteiger partial charge in [0, 0.05) is 10.7 Å². The number of nitrogens with zero attached hydrogens (tertiary/aromatic N) is 1. The third-order valence-corrected chi connectivity index (χ3v) is 7.82. The Kier molecular flexibility index (Phi) is 8.44. The minimum atomic E-state index is -0.553. The Bertz CT molecular complexity index is 1670. The molecule has 0 radical (unpaired) electrons. The van der Waals surface area contributed by atoms with Crippen LogP contribution in [0.15, 0.2) is 88.2 Å². The highest BCUT2D eigenvalue weighted by Gasteiger charge is 2.36. The molecule has 0 unspecified atom stereocenters. The van der Waals surface area contributed by atoms with Gasteiger partial charge in [0.1, 0.15) is 13.2 Å². The highest BCUT2D eigenvalue weighted by molar-refractivity contribution is 9.10. The second kappa shape index (κ2) is 12.2. The van der Waals surface area contributed by atoms with Crippen molar-refractivity contribution < 1.29 is 23.9 Å². The van der Waals surface area contributed by atoms with Crippen LogP contribution in [0.3, 0.4) is 0 Å². The molecule has 1 aliphatic heterocycles. The number of fused-ring (bicyclic) bond motifs is 1. The van der Waals surface area contributed by atoms with Crippen LogP contribution in [0.1, 0.15) is 11.1 Å². The molecule has 0 spiro atoms. The van der Waals surface area contributed by atoms with Crippen molar-refractivity contribution in [1.82, 2.24) is 4.90 Å². The molecule has 202 valence electrons.